The Labute approximate surface area is 158 Å². The zero-order valence-corrected chi connectivity index (χ0v) is 16.4. The summed E-state index contributed by atoms with van der Waals surface area (Å²) in [6.07, 6.45) is 0. The maximum Gasteiger partial charge on any atom is 0.255 e. The van der Waals surface area contributed by atoms with Crippen LogP contribution in [-0.2, 0) is 16.5 Å². The molecular weight excluding hydrogens is 369 g/mol. The Kier molecular flexibility index (Phi) is 6.48. The average molecular weight is 391 g/mol. The minimum atomic E-state index is 0. The standard InChI is InChI=1S/C15H21BN6.ClH.Ni/c1-7-13(8(2)18-17-7)16(14-9(3)19-20-10(14)4)15-11(5)21-22-12(15)6;;/h1-6H3,(H,17,18)(H,19,20)(H,21,22);1H;. The Balaban J connectivity index is 0.00000144. The zero-order valence-electron chi connectivity index (χ0n) is 14.6. The molecule has 0 aliphatic heterocycles. The van der Waals surface area contributed by atoms with Crippen LogP contribution >= 0.6 is 12.4 Å². The Bertz CT molecular complexity index is 669. The number of halogens is 1. The van der Waals surface area contributed by atoms with Crippen LogP contribution in [0.1, 0.15) is 34.2 Å². The van der Waals surface area contributed by atoms with E-state index in [2.05, 4.69) is 51.4 Å². The van der Waals surface area contributed by atoms with Gasteiger partial charge in [-0.05, 0) is 57.9 Å². The summed E-state index contributed by atoms with van der Waals surface area (Å²) in [4.78, 5) is 0. The van der Waals surface area contributed by atoms with Crippen molar-refractivity contribution in [1.82, 2.24) is 30.6 Å². The molecular formula is C15H22BClN6Ni. The summed E-state index contributed by atoms with van der Waals surface area (Å²) < 4.78 is 0. The summed E-state index contributed by atoms with van der Waals surface area (Å²) in [5, 5.41) is 22.5. The zero-order chi connectivity index (χ0) is 16.0. The first kappa shape index (κ1) is 20.5. The predicted molar refractivity (Wildman–Crippen MR) is 96.1 cm³/mol. The topological polar surface area (TPSA) is 86.0 Å². The molecule has 3 heterocycles. The Morgan fingerprint density at radius 2 is 0.833 bits per heavy atom. The van der Waals surface area contributed by atoms with Crippen LogP contribution < -0.4 is 16.4 Å². The monoisotopic (exact) mass is 390 g/mol. The third kappa shape index (κ3) is 3.17. The fourth-order valence-corrected chi connectivity index (χ4v) is 3.39. The fraction of sp³-hybridized carbons (Fsp3) is 0.400. The Hall–Kier alpha value is -1.52. The number of aromatic amines is 3. The van der Waals surface area contributed by atoms with Crippen molar-refractivity contribution in [3.8, 4) is 0 Å². The van der Waals surface area contributed by atoms with Gasteiger partial charge in [0.05, 0.1) is 17.1 Å². The molecule has 132 valence electrons. The molecule has 3 rings (SSSR count). The van der Waals surface area contributed by atoms with E-state index in [9.17, 15) is 0 Å². The van der Waals surface area contributed by atoms with E-state index >= 15 is 0 Å². The van der Waals surface area contributed by atoms with Crippen LogP contribution in [0.5, 0.6) is 0 Å². The summed E-state index contributed by atoms with van der Waals surface area (Å²) in [5.41, 5.74) is 9.93. The van der Waals surface area contributed by atoms with Gasteiger partial charge in [0.15, 0.2) is 0 Å². The van der Waals surface area contributed by atoms with Gasteiger partial charge in [-0.15, -0.1) is 12.4 Å². The largest absolute Gasteiger partial charge is 0.283 e. The van der Waals surface area contributed by atoms with Gasteiger partial charge in [0, 0.05) is 33.6 Å². The van der Waals surface area contributed by atoms with E-state index in [1.165, 1.54) is 16.4 Å². The van der Waals surface area contributed by atoms with Crippen LogP contribution in [-0.4, -0.2) is 37.3 Å². The van der Waals surface area contributed by atoms with Crippen LogP contribution in [0.25, 0.3) is 0 Å². The molecule has 6 nitrogen and oxygen atoms in total. The van der Waals surface area contributed by atoms with Gasteiger partial charge in [0.1, 0.15) is 0 Å². The van der Waals surface area contributed by atoms with Crippen LogP contribution in [0.15, 0.2) is 0 Å². The second-order valence-electron chi connectivity index (χ2n) is 5.98. The molecule has 0 atom stereocenters. The van der Waals surface area contributed by atoms with Crippen LogP contribution in [0.3, 0.4) is 0 Å². The smallest absolute Gasteiger partial charge is 0.255 e. The molecule has 9 heteroatoms. The van der Waals surface area contributed by atoms with Gasteiger partial charge in [-0.3, -0.25) is 15.3 Å². The van der Waals surface area contributed by atoms with Crippen molar-refractivity contribution in [1.29, 1.82) is 0 Å². The SMILES string of the molecule is Cc1n[nH]c(C)c1B(c1c(C)n[nH]c1C)c1c(C)n[nH]c1C.Cl.[Ni]. The number of hydrogen-bond acceptors (Lipinski definition) is 3. The average Bonchev–Trinajstić information content (AvgIpc) is 3.08. The van der Waals surface area contributed by atoms with E-state index in [-0.39, 0.29) is 35.6 Å². The molecule has 0 fully saturated rings. The van der Waals surface area contributed by atoms with Crippen molar-refractivity contribution >= 4 is 35.5 Å². The van der Waals surface area contributed by atoms with E-state index in [0.29, 0.717) is 0 Å². The molecule has 3 aromatic rings. The third-order valence-electron chi connectivity index (χ3n) is 4.42. The minimum absolute atomic E-state index is 0. The summed E-state index contributed by atoms with van der Waals surface area (Å²) >= 11 is 0. The first-order valence-electron chi connectivity index (χ1n) is 7.46. The first-order valence-corrected chi connectivity index (χ1v) is 7.46. The maximum atomic E-state index is 4.39. The van der Waals surface area contributed by atoms with Gasteiger partial charge in [-0.25, -0.2) is 0 Å². The van der Waals surface area contributed by atoms with Crippen molar-refractivity contribution in [3.63, 3.8) is 0 Å². The number of nitrogens with one attached hydrogen (secondary N) is 3. The van der Waals surface area contributed by atoms with Gasteiger partial charge in [-0.1, -0.05) is 0 Å². The second kappa shape index (κ2) is 7.58. The summed E-state index contributed by atoms with van der Waals surface area (Å²) in [6, 6.07) is 0. The summed E-state index contributed by atoms with van der Waals surface area (Å²) in [7, 11) is 0. The fourth-order valence-electron chi connectivity index (χ4n) is 3.39. The Morgan fingerprint density at radius 3 is 1.00 bits per heavy atom. The predicted octanol–water partition coefficient (Wildman–Crippen LogP) is 0.642. The van der Waals surface area contributed by atoms with E-state index in [4.69, 9.17) is 0 Å². The molecule has 24 heavy (non-hydrogen) atoms. The number of hydrogen-bond donors (Lipinski definition) is 3. The summed E-state index contributed by atoms with van der Waals surface area (Å²) in [5.74, 6) is 0. The number of nitrogens with zero attached hydrogens (tertiary/aromatic N) is 3. The normalized spacial score (nSPS) is 10.2. The summed E-state index contributed by atoms with van der Waals surface area (Å²) in [6.45, 7) is 12.4. The molecule has 0 aromatic carbocycles. The van der Waals surface area contributed by atoms with Crippen molar-refractivity contribution in [2.24, 2.45) is 0 Å². The molecule has 0 saturated heterocycles. The van der Waals surface area contributed by atoms with Gasteiger partial charge in [0.2, 0.25) is 0 Å². The van der Waals surface area contributed by atoms with Crippen LogP contribution in [0.4, 0.5) is 0 Å². The van der Waals surface area contributed by atoms with E-state index in [1.54, 1.807) is 0 Å². The van der Waals surface area contributed by atoms with Crippen LogP contribution in [0.2, 0.25) is 0 Å². The number of aromatic nitrogens is 6. The van der Waals surface area contributed by atoms with E-state index < -0.39 is 0 Å². The second-order valence-corrected chi connectivity index (χ2v) is 5.98. The van der Waals surface area contributed by atoms with E-state index in [1.807, 2.05) is 20.8 Å². The molecule has 0 amide bonds. The van der Waals surface area contributed by atoms with Crippen molar-refractivity contribution in [2.75, 3.05) is 0 Å². The minimum Gasteiger partial charge on any atom is -0.283 e. The van der Waals surface area contributed by atoms with Gasteiger partial charge in [0.25, 0.3) is 6.71 Å². The van der Waals surface area contributed by atoms with Gasteiger partial charge in [-0.2, -0.15) is 15.3 Å². The molecule has 0 aliphatic rings. The number of H-pyrrole nitrogens is 3. The molecule has 0 radical (unpaired) electrons. The van der Waals surface area contributed by atoms with E-state index in [0.717, 1.165) is 34.2 Å². The van der Waals surface area contributed by atoms with Gasteiger partial charge < -0.3 is 0 Å². The van der Waals surface area contributed by atoms with Crippen molar-refractivity contribution < 1.29 is 16.5 Å². The maximum absolute atomic E-state index is 4.39. The molecule has 0 unspecified atom stereocenters. The molecule has 3 N–H and O–H groups in total. The molecule has 0 bridgehead atoms. The molecule has 0 aliphatic carbocycles. The Morgan fingerprint density at radius 1 is 0.583 bits per heavy atom. The molecule has 3 aromatic heterocycles. The number of aryl methyl sites for hydroxylation is 6. The van der Waals surface area contributed by atoms with Crippen molar-refractivity contribution in [3.05, 3.63) is 34.2 Å². The third-order valence-corrected chi connectivity index (χ3v) is 4.42. The molecule has 0 saturated carbocycles. The molecule has 0 spiro atoms. The quantitative estimate of drug-likeness (QED) is 0.573. The van der Waals surface area contributed by atoms with Crippen molar-refractivity contribution in [2.45, 2.75) is 41.5 Å². The number of rotatable bonds is 3. The first-order chi connectivity index (χ1) is 10.4. The van der Waals surface area contributed by atoms with Crippen LogP contribution in [0, 0.1) is 41.5 Å². The van der Waals surface area contributed by atoms with Gasteiger partial charge >= 0.3 is 0 Å².